The predicted molar refractivity (Wildman–Crippen MR) is 146 cm³/mol. The molecule has 0 saturated heterocycles. The number of allylic oxidation sites excluding steroid dienone is 2. The number of ether oxygens (including phenoxy) is 2. The number of hydrogen-bond donors (Lipinski definition) is 0. The minimum absolute atomic E-state index is 0.353. The molecule has 0 aliphatic heterocycles. The standard InChI is InChI=1S/C31H50O4/c1-22(2)12-9-13-23(3)14-10-15-24(4)16-11-17-25(5)18-19-29-21-30(34-27(7)32)20-26(6)31(29)35-28(8)33/h18,20-24H,9-17,19H2,1-8H3. The van der Waals surface area contributed by atoms with Crippen molar-refractivity contribution in [2.24, 2.45) is 17.8 Å². The first-order valence-electron chi connectivity index (χ1n) is 13.6. The third-order valence-corrected chi connectivity index (χ3v) is 6.64. The molecule has 0 amide bonds. The van der Waals surface area contributed by atoms with Crippen LogP contribution in [0.15, 0.2) is 23.8 Å². The molecule has 1 rings (SSSR count). The van der Waals surface area contributed by atoms with Crippen LogP contribution in [0.3, 0.4) is 0 Å². The Balaban J connectivity index is 2.50. The van der Waals surface area contributed by atoms with Gasteiger partial charge in [0.05, 0.1) is 0 Å². The molecule has 0 bridgehead atoms. The lowest BCUT2D eigenvalue weighted by atomic mass is 9.91. The van der Waals surface area contributed by atoms with Crippen LogP contribution in [-0.2, 0) is 16.0 Å². The summed E-state index contributed by atoms with van der Waals surface area (Å²) >= 11 is 0. The third-order valence-electron chi connectivity index (χ3n) is 6.64. The van der Waals surface area contributed by atoms with Gasteiger partial charge in [-0.1, -0.05) is 84.3 Å². The van der Waals surface area contributed by atoms with Gasteiger partial charge >= 0.3 is 11.9 Å². The van der Waals surface area contributed by atoms with Gasteiger partial charge in [0.15, 0.2) is 0 Å². The second kappa shape index (κ2) is 16.5. The molecule has 4 heteroatoms. The Hall–Kier alpha value is -2.10. The Bertz CT molecular complexity index is 822. The molecule has 35 heavy (non-hydrogen) atoms. The Labute approximate surface area is 214 Å². The van der Waals surface area contributed by atoms with Gasteiger partial charge in [-0.2, -0.15) is 0 Å². The van der Waals surface area contributed by atoms with Crippen LogP contribution < -0.4 is 9.47 Å². The van der Waals surface area contributed by atoms with Crippen LogP contribution in [0, 0.1) is 24.7 Å². The van der Waals surface area contributed by atoms with E-state index < -0.39 is 0 Å². The van der Waals surface area contributed by atoms with E-state index in [1.165, 1.54) is 70.8 Å². The van der Waals surface area contributed by atoms with E-state index >= 15 is 0 Å². The number of hydrogen-bond acceptors (Lipinski definition) is 4. The van der Waals surface area contributed by atoms with E-state index in [0.29, 0.717) is 17.9 Å². The normalized spacial score (nSPS) is 13.6. The summed E-state index contributed by atoms with van der Waals surface area (Å²) in [4.78, 5) is 23.0. The Morgan fingerprint density at radius 2 is 1.34 bits per heavy atom. The summed E-state index contributed by atoms with van der Waals surface area (Å²) in [5.41, 5.74) is 2.97. The van der Waals surface area contributed by atoms with Crippen molar-refractivity contribution in [2.75, 3.05) is 0 Å². The summed E-state index contributed by atoms with van der Waals surface area (Å²) in [6.45, 7) is 16.2. The number of aryl methyl sites for hydroxylation is 1. The lowest BCUT2D eigenvalue weighted by Crippen LogP contribution is -2.07. The summed E-state index contributed by atoms with van der Waals surface area (Å²) in [5, 5.41) is 0. The van der Waals surface area contributed by atoms with E-state index in [1.54, 1.807) is 12.1 Å². The van der Waals surface area contributed by atoms with Crippen LogP contribution in [-0.4, -0.2) is 11.9 Å². The van der Waals surface area contributed by atoms with Gasteiger partial charge < -0.3 is 9.47 Å². The molecule has 0 saturated carbocycles. The molecule has 0 aliphatic carbocycles. The fraction of sp³-hybridized carbons (Fsp3) is 0.677. The molecule has 0 aromatic heterocycles. The largest absolute Gasteiger partial charge is 0.427 e. The zero-order valence-corrected chi connectivity index (χ0v) is 23.7. The smallest absolute Gasteiger partial charge is 0.308 e. The molecule has 2 unspecified atom stereocenters. The molecule has 2 atom stereocenters. The molecule has 1 aromatic carbocycles. The van der Waals surface area contributed by atoms with E-state index in [2.05, 4.69) is 40.7 Å². The van der Waals surface area contributed by atoms with Crippen LogP contribution in [0.5, 0.6) is 11.5 Å². The van der Waals surface area contributed by atoms with Gasteiger partial charge in [-0.25, -0.2) is 0 Å². The fourth-order valence-corrected chi connectivity index (χ4v) is 4.57. The molecule has 0 fully saturated rings. The van der Waals surface area contributed by atoms with Crippen LogP contribution in [0.25, 0.3) is 0 Å². The summed E-state index contributed by atoms with van der Waals surface area (Å²) in [6, 6.07) is 3.52. The Kier molecular flexibility index (Phi) is 14.6. The molecule has 1 aromatic rings. The summed E-state index contributed by atoms with van der Waals surface area (Å²) in [7, 11) is 0. The van der Waals surface area contributed by atoms with Crippen molar-refractivity contribution in [1.82, 2.24) is 0 Å². The van der Waals surface area contributed by atoms with Gasteiger partial charge in [0, 0.05) is 19.4 Å². The lowest BCUT2D eigenvalue weighted by molar-refractivity contribution is -0.133. The Morgan fingerprint density at radius 3 is 1.89 bits per heavy atom. The average molecular weight is 487 g/mol. The first kappa shape index (κ1) is 30.9. The second-order valence-electron chi connectivity index (χ2n) is 11.0. The van der Waals surface area contributed by atoms with E-state index in [-0.39, 0.29) is 11.9 Å². The quantitative estimate of drug-likeness (QED) is 0.133. The maximum Gasteiger partial charge on any atom is 0.308 e. The zero-order valence-electron chi connectivity index (χ0n) is 23.7. The summed E-state index contributed by atoms with van der Waals surface area (Å²) in [6.07, 6.45) is 14.5. The van der Waals surface area contributed by atoms with Gasteiger partial charge in [-0.15, -0.1) is 0 Å². The highest BCUT2D eigenvalue weighted by Gasteiger charge is 2.13. The van der Waals surface area contributed by atoms with Crippen molar-refractivity contribution in [3.05, 3.63) is 34.9 Å². The highest BCUT2D eigenvalue weighted by molar-refractivity contribution is 5.72. The van der Waals surface area contributed by atoms with E-state index in [9.17, 15) is 9.59 Å². The molecule has 198 valence electrons. The number of carbonyl (C=O) groups is 2. The van der Waals surface area contributed by atoms with Crippen LogP contribution in [0.2, 0.25) is 0 Å². The highest BCUT2D eigenvalue weighted by Crippen LogP contribution is 2.31. The molecule has 0 aliphatic rings. The number of carbonyl (C=O) groups excluding carboxylic acids is 2. The van der Waals surface area contributed by atoms with Crippen molar-refractivity contribution < 1.29 is 19.1 Å². The topological polar surface area (TPSA) is 52.6 Å². The first-order chi connectivity index (χ1) is 16.5. The summed E-state index contributed by atoms with van der Waals surface area (Å²) in [5.74, 6) is 2.77. The monoisotopic (exact) mass is 486 g/mol. The molecule has 0 spiro atoms. The molecule has 0 N–H and O–H groups in total. The van der Waals surface area contributed by atoms with Crippen molar-refractivity contribution >= 4 is 11.9 Å². The van der Waals surface area contributed by atoms with Gasteiger partial charge in [-0.05, 0) is 68.6 Å². The van der Waals surface area contributed by atoms with Crippen LogP contribution >= 0.6 is 0 Å². The van der Waals surface area contributed by atoms with Gasteiger partial charge in [-0.3, -0.25) is 9.59 Å². The molecular weight excluding hydrogens is 436 g/mol. The van der Waals surface area contributed by atoms with Crippen LogP contribution in [0.4, 0.5) is 0 Å². The SMILES string of the molecule is CC(=O)Oc1cc(C)c(OC(C)=O)c(CC=C(C)CCCC(C)CCCC(C)CCCC(C)C)c1. The van der Waals surface area contributed by atoms with Crippen molar-refractivity contribution in [3.8, 4) is 11.5 Å². The van der Waals surface area contributed by atoms with Gasteiger partial charge in [0.2, 0.25) is 0 Å². The molecule has 0 radical (unpaired) electrons. The molecule has 4 nitrogen and oxygen atoms in total. The van der Waals surface area contributed by atoms with Crippen molar-refractivity contribution in [2.45, 2.75) is 120 Å². The van der Waals surface area contributed by atoms with Gasteiger partial charge in [0.1, 0.15) is 11.5 Å². The third kappa shape index (κ3) is 14.1. The van der Waals surface area contributed by atoms with Crippen LogP contribution in [0.1, 0.15) is 117 Å². The van der Waals surface area contributed by atoms with Crippen molar-refractivity contribution in [3.63, 3.8) is 0 Å². The van der Waals surface area contributed by atoms with Gasteiger partial charge in [0.25, 0.3) is 0 Å². The minimum Gasteiger partial charge on any atom is -0.427 e. The zero-order chi connectivity index (χ0) is 26.4. The minimum atomic E-state index is -0.364. The molecular formula is C31H50O4. The lowest BCUT2D eigenvalue weighted by Gasteiger charge is -2.15. The Morgan fingerprint density at radius 1 is 0.800 bits per heavy atom. The highest BCUT2D eigenvalue weighted by atomic mass is 16.5. The first-order valence-corrected chi connectivity index (χ1v) is 13.6. The maximum absolute atomic E-state index is 11.6. The number of benzene rings is 1. The number of esters is 2. The van der Waals surface area contributed by atoms with E-state index in [1.807, 2.05) is 6.92 Å². The molecule has 0 heterocycles. The van der Waals surface area contributed by atoms with E-state index in [4.69, 9.17) is 9.47 Å². The summed E-state index contributed by atoms with van der Waals surface area (Å²) < 4.78 is 10.7. The van der Waals surface area contributed by atoms with Crippen molar-refractivity contribution in [1.29, 1.82) is 0 Å². The predicted octanol–water partition coefficient (Wildman–Crippen LogP) is 8.77. The maximum atomic E-state index is 11.6. The number of rotatable bonds is 16. The fourth-order valence-electron chi connectivity index (χ4n) is 4.57. The average Bonchev–Trinajstić information content (AvgIpc) is 2.73. The second-order valence-corrected chi connectivity index (χ2v) is 11.0. The van der Waals surface area contributed by atoms with E-state index in [0.717, 1.165) is 35.3 Å².